The first-order valence-electron chi connectivity index (χ1n) is 13.3. The Morgan fingerprint density at radius 1 is 1.07 bits per heavy atom. The summed E-state index contributed by atoms with van der Waals surface area (Å²) in [5.74, 6) is -0.108. The van der Waals surface area contributed by atoms with Gasteiger partial charge in [-0.25, -0.2) is 9.18 Å². The number of benzene rings is 3. The molecule has 2 heterocycles. The molecule has 5 rings (SSSR count). The maximum atomic E-state index is 13.9. The van der Waals surface area contributed by atoms with Crippen LogP contribution in [0.15, 0.2) is 48.5 Å². The summed E-state index contributed by atoms with van der Waals surface area (Å²) in [5, 5.41) is 7.68. The molecule has 0 saturated carbocycles. The molecule has 40 heavy (non-hydrogen) atoms. The Labute approximate surface area is 238 Å². The first kappa shape index (κ1) is 27.7. The molecule has 1 N–H and O–H groups in total. The van der Waals surface area contributed by atoms with Gasteiger partial charge in [0.1, 0.15) is 22.9 Å². The van der Waals surface area contributed by atoms with Crippen LogP contribution in [0.1, 0.15) is 54.6 Å². The number of halogens is 2. The van der Waals surface area contributed by atoms with Crippen molar-refractivity contribution in [3.05, 3.63) is 82.0 Å². The van der Waals surface area contributed by atoms with E-state index >= 15 is 0 Å². The lowest BCUT2D eigenvalue weighted by Gasteiger charge is -2.19. The normalized spacial score (nSPS) is 11.9. The van der Waals surface area contributed by atoms with Crippen LogP contribution in [0.25, 0.3) is 32.8 Å². The first-order chi connectivity index (χ1) is 18.9. The SMILES string of the molecule is Cc1nn(C)c(C)c1-c1c(Cl)ccc2c(CCCOc3cccc4ccc(F)cc34)c(C(=O)OC(C)(C)C)[nH]c12. The van der Waals surface area contributed by atoms with Gasteiger partial charge in [-0.1, -0.05) is 35.9 Å². The number of carbonyl (C=O) groups is 1. The van der Waals surface area contributed by atoms with Crippen molar-refractivity contribution in [3.63, 3.8) is 0 Å². The Morgan fingerprint density at radius 3 is 2.55 bits per heavy atom. The van der Waals surface area contributed by atoms with Gasteiger partial charge in [-0.3, -0.25) is 4.68 Å². The fourth-order valence-corrected chi connectivity index (χ4v) is 5.46. The maximum absolute atomic E-state index is 13.9. The molecule has 0 aliphatic rings. The summed E-state index contributed by atoms with van der Waals surface area (Å²) in [7, 11) is 1.90. The molecular weight excluding hydrogens is 529 g/mol. The summed E-state index contributed by atoms with van der Waals surface area (Å²) in [6.07, 6.45) is 1.18. The van der Waals surface area contributed by atoms with Crippen LogP contribution in [0.2, 0.25) is 5.02 Å². The number of nitrogens with zero attached hydrogens (tertiary/aromatic N) is 2. The summed E-state index contributed by atoms with van der Waals surface area (Å²) in [6.45, 7) is 9.87. The van der Waals surface area contributed by atoms with Gasteiger partial charge in [0.2, 0.25) is 0 Å². The number of fused-ring (bicyclic) bond motifs is 2. The Balaban J connectivity index is 1.51. The second-order valence-corrected chi connectivity index (χ2v) is 11.5. The summed E-state index contributed by atoms with van der Waals surface area (Å²) >= 11 is 6.77. The highest BCUT2D eigenvalue weighted by atomic mass is 35.5. The van der Waals surface area contributed by atoms with Gasteiger partial charge in [-0.2, -0.15) is 5.10 Å². The van der Waals surface area contributed by atoms with Crippen LogP contribution in [0.3, 0.4) is 0 Å². The molecule has 0 unspecified atom stereocenters. The van der Waals surface area contributed by atoms with Crippen LogP contribution >= 0.6 is 11.6 Å². The molecule has 0 aliphatic carbocycles. The van der Waals surface area contributed by atoms with Crippen molar-refractivity contribution in [3.8, 4) is 16.9 Å². The molecule has 8 heteroatoms. The van der Waals surface area contributed by atoms with E-state index in [9.17, 15) is 9.18 Å². The van der Waals surface area contributed by atoms with E-state index in [0.717, 1.165) is 49.8 Å². The zero-order chi connectivity index (χ0) is 28.8. The number of carbonyl (C=O) groups excluding carboxylic acids is 1. The van der Waals surface area contributed by atoms with Crippen LogP contribution in [-0.4, -0.2) is 32.9 Å². The van der Waals surface area contributed by atoms with E-state index in [-0.39, 0.29) is 5.82 Å². The molecule has 0 bridgehead atoms. The number of nitrogens with one attached hydrogen (secondary N) is 1. The molecule has 2 aromatic heterocycles. The van der Waals surface area contributed by atoms with Gasteiger partial charge in [-0.05, 0) is 82.7 Å². The minimum Gasteiger partial charge on any atom is -0.493 e. The average molecular weight is 562 g/mol. The van der Waals surface area contributed by atoms with Crippen molar-refractivity contribution in [2.75, 3.05) is 6.61 Å². The number of H-pyrrole nitrogens is 1. The van der Waals surface area contributed by atoms with E-state index < -0.39 is 11.6 Å². The van der Waals surface area contributed by atoms with Crippen molar-refractivity contribution >= 4 is 39.2 Å². The molecular formula is C32H33ClFN3O3. The Kier molecular flexibility index (Phi) is 7.36. The van der Waals surface area contributed by atoms with E-state index in [0.29, 0.717) is 35.9 Å². The van der Waals surface area contributed by atoms with Crippen molar-refractivity contribution in [1.29, 1.82) is 0 Å². The Bertz CT molecular complexity index is 1750. The number of ether oxygens (including phenoxy) is 2. The molecule has 0 atom stereocenters. The predicted molar refractivity (Wildman–Crippen MR) is 158 cm³/mol. The highest BCUT2D eigenvalue weighted by molar-refractivity contribution is 6.35. The summed E-state index contributed by atoms with van der Waals surface area (Å²) < 4.78 is 27.6. The Hall–Kier alpha value is -3.84. The van der Waals surface area contributed by atoms with Gasteiger partial charge < -0.3 is 14.5 Å². The van der Waals surface area contributed by atoms with Gasteiger partial charge in [0.05, 0.1) is 22.8 Å². The largest absolute Gasteiger partial charge is 0.493 e. The molecule has 0 fully saturated rings. The monoisotopic (exact) mass is 561 g/mol. The fourth-order valence-electron chi connectivity index (χ4n) is 5.21. The van der Waals surface area contributed by atoms with Gasteiger partial charge in [0, 0.05) is 34.6 Å². The average Bonchev–Trinajstić information content (AvgIpc) is 3.37. The standard InChI is InChI=1S/C32H33ClFN3O3/c1-18-27(19(2)37(6)36-18)28-25(33)15-14-23-22(30(35-29(23)28)31(38)40-32(3,4)5)10-8-16-39-26-11-7-9-20-12-13-21(34)17-24(20)26/h7,9,11-15,17,35H,8,10,16H2,1-6H3. The fraction of sp³-hybridized carbons (Fsp3) is 0.312. The molecule has 0 spiro atoms. The summed E-state index contributed by atoms with van der Waals surface area (Å²) in [4.78, 5) is 16.8. The quantitative estimate of drug-likeness (QED) is 0.161. The van der Waals surface area contributed by atoms with Crippen molar-refractivity contribution in [2.24, 2.45) is 7.05 Å². The Morgan fingerprint density at radius 2 is 1.85 bits per heavy atom. The summed E-state index contributed by atoms with van der Waals surface area (Å²) in [5.41, 5.74) is 4.93. The zero-order valence-electron chi connectivity index (χ0n) is 23.6. The molecule has 0 radical (unpaired) electrons. The minimum absolute atomic E-state index is 0.308. The van der Waals surface area contributed by atoms with E-state index in [2.05, 4.69) is 10.1 Å². The third-order valence-corrected chi connectivity index (χ3v) is 7.34. The van der Waals surface area contributed by atoms with Gasteiger partial charge in [-0.15, -0.1) is 0 Å². The summed E-state index contributed by atoms with van der Waals surface area (Å²) in [6, 6.07) is 14.1. The highest BCUT2D eigenvalue weighted by Gasteiger charge is 2.27. The molecule has 5 aromatic rings. The minimum atomic E-state index is -0.657. The molecule has 208 valence electrons. The third-order valence-electron chi connectivity index (χ3n) is 7.03. The van der Waals surface area contributed by atoms with E-state index in [1.54, 1.807) is 6.07 Å². The number of rotatable bonds is 7. The maximum Gasteiger partial charge on any atom is 0.355 e. The highest BCUT2D eigenvalue weighted by Crippen LogP contribution is 2.40. The molecule has 0 amide bonds. The number of hydrogen-bond donors (Lipinski definition) is 1. The van der Waals surface area contributed by atoms with Crippen LogP contribution in [0.5, 0.6) is 5.75 Å². The number of aromatic amines is 1. The van der Waals surface area contributed by atoms with Gasteiger partial charge in [0.25, 0.3) is 0 Å². The second kappa shape index (κ2) is 10.6. The number of esters is 1. The van der Waals surface area contributed by atoms with E-state index in [1.165, 1.54) is 12.1 Å². The third kappa shape index (κ3) is 5.30. The van der Waals surface area contributed by atoms with Gasteiger partial charge in [0.15, 0.2) is 0 Å². The van der Waals surface area contributed by atoms with E-state index in [1.807, 2.05) is 76.7 Å². The zero-order valence-corrected chi connectivity index (χ0v) is 24.4. The first-order valence-corrected chi connectivity index (χ1v) is 13.7. The van der Waals surface area contributed by atoms with Crippen LogP contribution in [-0.2, 0) is 18.2 Å². The molecule has 3 aromatic carbocycles. The van der Waals surface area contributed by atoms with E-state index in [4.69, 9.17) is 21.1 Å². The molecule has 6 nitrogen and oxygen atoms in total. The number of hydrogen-bond acceptors (Lipinski definition) is 4. The lowest BCUT2D eigenvalue weighted by atomic mass is 9.98. The van der Waals surface area contributed by atoms with Crippen LogP contribution in [0.4, 0.5) is 4.39 Å². The molecule has 0 aliphatic heterocycles. The van der Waals surface area contributed by atoms with Crippen molar-refractivity contribution in [1.82, 2.24) is 14.8 Å². The van der Waals surface area contributed by atoms with Crippen LogP contribution in [0, 0.1) is 19.7 Å². The predicted octanol–water partition coefficient (Wildman–Crippen LogP) is 8.10. The lowest BCUT2D eigenvalue weighted by Crippen LogP contribution is -2.24. The van der Waals surface area contributed by atoms with Crippen molar-refractivity contribution in [2.45, 2.75) is 53.1 Å². The lowest BCUT2D eigenvalue weighted by molar-refractivity contribution is 0.00625. The number of aromatic nitrogens is 3. The second-order valence-electron chi connectivity index (χ2n) is 11.1. The van der Waals surface area contributed by atoms with Crippen molar-refractivity contribution < 1.29 is 18.7 Å². The smallest absolute Gasteiger partial charge is 0.355 e. The van der Waals surface area contributed by atoms with Gasteiger partial charge >= 0.3 is 5.97 Å². The molecule has 0 saturated heterocycles. The van der Waals surface area contributed by atoms with Crippen LogP contribution < -0.4 is 4.74 Å². The number of aryl methyl sites for hydroxylation is 3. The topological polar surface area (TPSA) is 69.1 Å².